The van der Waals surface area contributed by atoms with E-state index >= 15 is 0 Å². The van der Waals surface area contributed by atoms with Crippen molar-refractivity contribution < 1.29 is 18.0 Å². The molecule has 0 aliphatic heterocycles. The van der Waals surface area contributed by atoms with Crippen LogP contribution in [0.4, 0.5) is 29.3 Å². The standard InChI is InChI=1S/C21H15F3N4O/c22-21(23,24)15-6-4-8-17(12-15)26-20(29)25-16-7-3-5-14(11-16)18-13-28-10-2-1-9-19(28)27-18/h1-13H,(H2,25,26,29). The minimum Gasteiger partial charge on any atom is -0.308 e. The van der Waals surface area contributed by atoms with E-state index in [2.05, 4.69) is 15.6 Å². The maximum atomic E-state index is 12.8. The molecule has 2 heterocycles. The van der Waals surface area contributed by atoms with E-state index in [4.69, 9.17) is 0 Å². The summed E-state index contributed by atoms with van der Waals surface area (Å²) in [6, 6.07) is 16.5. The number of aromatic nitrogens is 2. The van der Waals surface area contributed by atoms with E-state index in [1.807, 2.05) is 41.1 Å². The van der Waals surface area contributed by atoms with E-state index in [1.54, 1.807) is 18.2 Å². The van der Waals surface area contributed by atoms with Gasteiger partial charge in [-0.3, -0.25) is 0 Å². The Bertz CT molecular complexity index is 1150. The first-order valence-electron chi connectivity index (χ1n) is 8.68. The molecule has 5 nitrogen and oxygen atoms in total. The molecule has 8 heteroatoms. The summed E-state index contributed by atoms with van der Waals surface area (Å²) in [5.41, 5.74) is 2.04. The number of carbonyl (C=O) groups is 1. The normalized spacial score (nSPS) is 11.4. The lowest BCUT2D eigenvalue weighted by atomic mass is 10.1. The highest BCUT2D eigenvalue weighted by Gasteiger charge is 2.30. The van der Waals surface area contributed by atoms with Crippen molar-refractivity contribution in [1.29, 1.82) is 0 Å². The number of carbonyl (C=O) groups excluding carboxylic acids is 1. The van der Waals surface area contributed by atoms with Crippen LogP contribution in [0.25, 0.3) is 16.9 Å². The molecule has 4 aromatic rings. The number of urea groups is 1. The number of nitrogens with zero attached hydrogens (tertiary/aromatic N) is 2. The molecule has 2 aromatic carbocycles. The van der Waals surface area contributed by atoms with Crippen molar-refractivity contribution in [3.05, 3.63) is 84.7 Å². The van der Waals surface area contributed by atoms with E-state index in [0.717, 1.165) is 29.0 Å². The quantitative estimate of drug-likeness (QED) is 0.469. The molecular weight excluding hydrogens is 381 g/mol. The number of rotatable bonds is 3. The molecule has 146 valence electrons. The van der Waals surface area contributed by atoms with E-state index in [1.165, 1.54) is 12.1 Å². The van der Waals surface area contributed by atoms with Crippen LogP contribution in [-0.2, 0) is 6.18 Å². The first kappa shape index (κ1) is 18.5. The van der Waals surface area contributed by atoms with Crippen LogP contribution >= 0.6 is 0 Å². The molecule has 29 heavy (non-hydrogen) atoms. The lowest BCUT2D eigenvalue weighted by Gasteiger charge is -2.11. The number of hydrogen-bond acceptors (Lipinski definition) is 2. The molecule has 0 saturated heterocycles. The van der Waals surface area contributed by atoms with Gasteiger partial charge in [-0.2, -0.15) is 13.2 Å². The van der Waals surface area contributed by atoms with Gasteiger partial charge in [0.1, 0.15) is 5.65 Å². The Morgan fingerprint density at radius 3 is 2.34 bits per heavy atom. The van der Waals surface area contributed by atoms with Crippen LogP contribution in [0.5, 0.6) is 0 Å². The molecule has 0 saturated carbocycles. The number of fused-ring (bicyclic) bond motifs is 1. The predicted molar refractivity (Wildman–Crippen MR) is 105 cm³/mol. The number of pyridine rings is 1. The molecule has 4 rings (SSSR count). The summed E-state index contributed by atoms with van der Waals surface area (Å²) in [5.74, 6) is 0. The van der Waals surface area contributed by atoms with Crippen LogP contribution < -0.4 is 10.6 Å². The minimum atomic E-state index is -4.48. The van der Waals surface area contributed by atoms with E-state index in [-0.39, 0.29) is 5.69 Å². The fourth-order valence-electron chi connectivity index (χ4n) is 2.90. The Balaban J connectivity index is 1.50. The van der Waals surface area contributed by atoms with Crippen LogP contribution in [0.2, 0.25) is 0 Å². The number of halogens is 3. The summed E-state index contributed by atoms with van der Waals surface area (Å²) in [4.78, 5) is 16.7. The molecule has 0 atom stereocenters. The SMILES string of the molecule is O=C(Nc1cccc(-c2cn3ccccc3n2)c1)Nc1cccc(C(F)(F)F)c1. The summed E-state index contributed by atoms with van der Waals surface area (Å²) in [5, 5.41) is 5.04. The van der Waals surface area contributed by atoms with Crippen molar-refractivity contribution in [1.82, 2.24) is 9.38 Å². The summed E-state index contributed by atoms with van der Waals surface area (Å²) in [7, 11) is 0. The summed E-state index contributed by atoms with van der Waals surface area (Å²) in [6.07, 6.45) is -0.718. The van der Waals surface area contributed by atoms with Gasteiger partial charge in [0, 0.05) is 29.3 Å². The third kappa shape index (κ3) is 4.21. The zero-order valence-corrected chi connectivity index (χ0v) is 14.9. The number of imidazole rings is 1. The lowest BCUT2D eigenvalue weighted by Crippen LogP contribution is -2.19. The van der Waals surface area contributed by atoms with Crippen LogP contribution in [0, 0.1) is 0 Å². The van der Waals surface area contributed by atoms with Gasteiger partial charge in [0.05, 0.1) is 11.3 Å². The second-order valence-corrected chi connectivity index (χ2v) is 6.33. The average molecular weight is 396 g/mol. The van der Waals surface area contributed by atoms with Gasteiger partial charge in [0.15, 0.2) is 0 Å². The molecule has 0 aliphatic rings. The maximum absolute atomic E-state index is 12.8. The molecule has 0 unspecified atom stereocenters. The molecular formula is C21H15F3N4O. The number of nitrogens with one attached hydrogen (secondary N) is 2. The number of alkyl halides is 3. The van der Waals surface area contributed by atoms with Crippen LogP contribution in [-0.4, -0.2) is 15.4 Å². The molecule has 2 aromatic heterocycles. The van der Waals surface area contributed by atoms with Crippen LogP contribution in [0.3, 0.4) is 0 Å². The smallest absolute Gasteiger partial charge is 0.308 e. The van der Waals surface area contributed by atoms with Crippen LogP contribution in [0.15, 0.2) is 79.1 Å². The van der Waals surface area contributed by atoms with Crippen molar-refractivity contribution in [3.63, 3.8) is 0 Å². The molecule has 0 radical (unpaired) electrons. The van der Waals surface area contributed by atoms with Gasteiger partial charge in [0.2, 0.25) is 0 Å². The lowest BCUT2D eigenvalue weighted by molar-refractivity contribution is -0.137. The summed E-state index contributed by atoms with van der Waals surface area (Å²) in [6.45, 7) is 0. The highest BCUT2D eigenvalue weighted by Crippen LogP contribution is 2.30. The largest absolute Gasteiger partial charge is 0.416 e. The van der Waals surface area contributed by atoms with Gasteiger partial charge < -0.3 is 15.0 Å². The Hall–Kier alpha value is -3.81. The zero-order chi connectivity index (χ0) is 20.4. The predicted octanol–water partition coefficient (Wildman–Crippen LogP) is 5.66. The van der Waals surface area contributed by atoms with Crippen molar-refractivity contribution in [2.75, 3.05) is 10.6 Å². The number of benzene rings is 2. The molecule has 0 spiro atoms. The molecule has 0 bridgehead atoms. The molecule has 2 N–H and O–H groups in total. The molecule has 2 amide bonds. The van der Waals surface area contributed by atoms with Gasteiger partial charge in [-0.1, -0.05) is 24.3 Å². The summed E-state index contributed by atoms with van der Waals surface area (Å²) < 4.78 is 40.3. The highest BCUT2D eigenvalue weighted by molar-refractivity contribution is 6.00. The Labute approximate surface area is 163 Å². The van der Waals surface area contributed by atoms with Gasteiger partial charge >= 0.3 is 12.2 Å². The van der Waals surface area contributed by atoms with E-state index in [9.17, 15) is 18.0 Å². The van der Waals surface area contributed by atoms with Gasteiger partial charge in [-0.05, 0) is 42.5 Å². The fraction of sp³-hybridized carbons (Fsp3) is 0.0476. The van der Waals surface area contributed by atoms with Crippen molar-refractivity contribution >= 4 is 23.1 Å². The van der Waals surface area contributed by atoms with Crippen molar-refractivity contribution in [2.45, 2.75) is 6.18 Å². The number of amides is 2. The average Bonchev–Trinajstić information content (AvgIpc) is 3.12. The summed E-state index contributed by atoms with van der Waals surface area (Å²) >= 11 is 0. The van der Waals surface area contributed by atoms with Gasteiger partial charge in [-0.25, -0.2) is 9.78 Å². The highest BCUT2D eigenvalue weighted by atomic mass is 19.4. The number of anilines is 2. The van der Waals surface area contributed by atoms with Gasteiger partial charge in [0.25, 0.3) is 0 Å². The van der Waals surface area contributed by atoms with E-state index in [0.29, 0.717) is 5.69 Å². The second kappa shape index (κ2) is 7.31. The number of hydrogen-bond donors (Lipinski definition) is 2. The van der Waals surface area contributed by atoms with Crippen LogP contribution in [0.1, 0.15) is 5.56 Å². The Morgan fingerprint density at radius 1 is 0.897 bits per heavy atom. The first-order chi connectivity index (χ1) is 13.9. The molecule has 0 fully saturated rings. The second-order valence-electron chi connectivity index (χ2n) is 6.33. The van der Waals surface area contributed by atoms with Crippen molar-refractivity contribution in [3.8, 4) is 11.3 Å². The fourth-order valence-corrected chi connectivity index (χ4v) is 2.90. The first-order valence-corrected chi connectivity index (χ1v) is 8.68. The topological polar surface area (TPSA) is 58.4 Å². The third-order valence-corrected chi connectivity index (χ3v) is 4.23. The minimum absolute atomic E-state index is 0.0498. The van der Waals surface area contributed by atoms with Crippen molar-refractivity contribution in [2.24, 2.45) is 0 Å². The van der Waals surface area contributed by atoms with Gasteiger partial charge in [-0.15, -0.1) is 0 Å². The Kier molecular flexibility index (Phi) is 4.67. The monoisotopic (exact) mass is 396 g/mol. The van der Waals surface area contributed by atoms with E-state index < -0.39 is 17.8 Å². The third-order valence-electron chi connectivity index (χ3n) is 4.23. The zero-order valence-electron chi connectivity index (χ0n) is 14.9. The molecule has 0 aliphatic carbocycles. The maximum Gasteiger partial charge on any atom is 0.416 e. The Morgan fingerprint density at radius 2 is 1.62 bits per heavy atom.